The summed E-state index contributed by atoms with van der Waals surface area (Å²) in [6.45, 7) is 0.622. The molecule has 90 valence electrons. The SMILES string of the molecule is Nc1nc(Cl)c2cnn(Cc3ccccc3)c2n1. The molecule has 0 aliphatic rings. The van der Waals surface area contributed by atoms with Crippen LogP contribution in [0, 0.1) is 0 Å². The van der Waals surface area contributed by atoms with Gasteiger partial charge in [-0.2, -0.15) is 10.1 Å². The first kappa shape index (κ1) is 11.0. The topological polar surface area (TPSA) is 69.6 Å². The van der Waals surface area contributed by atoms with E-state index in [-0.39, 0.29) is 5.95 Å². The van der Waals surface area contributed by atoms with Crippen molar-refractivity contribution in [3.8, 4) is 0 Å². The Morgan fingerprint density at radius 1 is 1.17 bits per heavy atom. The molecule has 0 aliphatic heterocycles. The minimum atomic E-state index is 0.155. The number of halogens is 1. The first-order chi connectivity index (χ1) is 8.74. The van der Waals surface area contributed by atoms with Crippen LogP contribution in [0.5, 0.6) is 0 Å². The van der Waals surface area contributed by atoms with Crippen LogP contribution in [0.2, 0.25) is 5.15 Å². The van der Waals surface area contributed by atoms with E-state index in [4.69, 9.17) is 17.3 Å². The number of rotatable bonds is 2. The van der Waals surface area contributed by atoms with Crippen molar-refractivity contribution in [1.29, 1.82) is 0 Å². The van der Waals surface area contributed by atoms with Gasteiger partial charge in [-0.15, -0.1) is 0 Å². The number of nitrogens with two attached hydrogens (primary N) is 1. The van der Waals surface area contributed by atoms with E-state index < -0.39 is 0 Å². The quantitative estimate of drug-likeness (QED) is 0.716. The molecule has 0 saturated heterocycles. The molecule has 18 heavy (non-hydrogen) atoms. The van der Waals surface area contributed by atoms with Gasteiger partial charge in [-0.3, -0.25) is 0 Å². The van der Waals surface area contributed by atoms with Crippen molar-refractivity contribution in [3.05, 3.63) is 47.2 Å². The van der Waals surface area contributed by atoms with Crippen LogP contribution in [0.1, 0.15) is 5.56 Å². The number of aromatic nitrogens is 4. The average Bonchev–Trinajstić information content (AvgIpc) is 2.74. The van der Waals surface area contributed by atoms with Gasteiger partial charge in [0.05, 0.1) is 18.1 Å². The van der Waals surface area contributed by atoms with Crippen LogP contribution in [0.4, 0.5) is 5.95 Å². The zero-order valence-corrected chi connectivity index (χ0v) is 10.2. The van der Waals surface area contributed by atoms with Crippen LogP contribution in [-0.2, 0) is 6.54 Å². The van der Waals surface area contributed by atoms with Crippen LogP contribution in [0.3, 0.4) is 0 Å². The zero-order chi connectivity index (χ0) is 12.5. The van der Waals surface area contributed by atoms with Crippen molar-refractivity contribution in [2.75, 3.05) is 5.73 Å². The van der Waals surface area contributed by atoms with Crippen LogP contribution in [-0.4, -0.2) is 19.7 Å². The van der Waals surface area contributed by atoms with E-state index >= 15 is 0 Å². The first-order valence-electron chi connectivity index (χ1n) is 5.42. The Balaban J connectivity index is 2.08. The Bertz CT molecular complexity index is 692. The fourth-order valence-electron chi connectivity index (χ4n) is 1.81. The number of hydrogen-bond donors (Lipinski definition) is 1. The molecule has 0 radical (unpaired) electrons. The lowest BCUT2D eigenvalue weighted by Crippen LogP contribution is -2.04. The minimum absolute atomic E-state index is 0.155. The molecule has 2 heterocycles. The summed E-state index contributed by atoms with van der Waals surface area (Å²) in [6.07, 6.45) is 1.65. The fourth-order valence-corrected chi connectivity index (χ4v) is 2.03. The predicted octanol–water partition coefficient (Wildman–Crippen LogP) is 2.11. The number of nitrogen functional groups attached to an aromatic ring is 1. The molecule has 0 saturated carbocycles. The summed E-state index contributed by atoms with van der Waals surface area (Å²) in [4.78, 5) is 8.08. The molecule has 0 atom stereocenters. The van der Waals surface area contributed by atoms with Crippen molar-refractivity contribution in [3.63, 3.8) is 0 Å². The molecule has 0 amide bonds. The van der Waals surface area contributed by atoms with Gasteiger partial charge >= 0.3 is 0 Å². The third-order valence-corrected chi connectivity index (χ3v) is 2.93. The standard InChI is InChI=1S/C12H10ClN5/c13-10-9-6-15-18(11(9)17-12(14)16-10)7-8-4-2-1-3-5-8/h1-6H,7H2,(H2,14,16,17). The van der Waals surface area contributed by atoms with E-state index in [1.807, 2.05) is 30.3 Å². The normalized spacial score (nSPS) is 10.9. The summed E-state index contributed by atoms with van der Waals surface area (Å²) >= 11 is 5.99. The highest BCUT2D eigenvalue weighted by molar-refractivity contribution is 6.34. The minimum Gasteiger partial charge on any atom is -0.368 e. The van der Waals surface area contributed by atoms with E-state index in [0.717, 1.165) is 5.56 Å². The van der Waals surface area contributed by atoms with Gasteiger partial charge in [0, 0.05) is 0 Å². The fraction of sp³-hybridized carbons (Fsp3) is 0.0833. The maximum absolute atomic E-state index is 5.99. The lowest BCUT2D eigenvalue weighted by Gasteiger charge is -2.03. The number of hydrogen-bond acceptors (Lipinski definition) is 4. The van der Waals surface area contributed by atoms with Gasteiger partial charge in [-0.05, 0) is 5.56 Å². The largest absolute Gasteiger partial charge is 0.368 e. The predicted molar refractivity (Wildman–Crippen MR) is 70.3 cm³/mol. The van der Waals surface area contributed by atoms with E-state index in [1.54, 1.807) is 10.9 Å². The summed E-state index contributed by atoms with van der Waals surface area (Å²) in [7, 11) is 0. The summed E-state index contributed by atoms with van der Waals surface area (Å²) in [5.41, 5.74) is 7.38. The molecular weight excluding hydrogens is 250 g/mol. The third kappa shape index (κ3) is 1.89. The van der Waals surface area contributed by atoms with Crippen molar-refractivity contribution < 1.29 is 0 Å². The highest BCUT2D eigenvalue weighted by atomic mass is 35.5. The van der Waals surface area contributed by atoms with E-state index in [0.29, 0.717) is 22.7 Å². The second kappa shape index (κ2) is 4.27. The Kier molecular flexibility index (Phi) is 2.60. The van der Waals surface area contributed by atoms with Crippen molar-refractivity contribution in [2.45, 2.75) is 6.54 Å². The van der Waals surface area contributed by atoms with Gasteiger partial charge in [-0.1, -0.05) is 41.9 Å². The monoisotopic (exact) mass is 259 g/mol. The Labute approximate surface area is 108 Å². The molecule has 2 N–H and O–H groups in total. The lowest BCUT2D eigenvalue weighted by atomic mass is 10.2. The molecule has 0 unspecified atom stereocenters. The van der Waals surface area contributed by atoms with Gasteiger partial charge in [0.2, 0.25) is 5.95 Å². The van der Waals surface area contributed by atoms with Gasteiger partial charge in [0.25, 0.3) is 0 Å². The molecule has 2 aromatic heterocycles. The third-order valence-electron chi connectivity index (χ3n) is 2.64. The van der Waals surface area contributed by atoms with Gasteiger partial charge in [0.1, 0.15) is 5.15 Å². The Hall–Kier alpha value is -2.14. The number of anilines is 1. The van der Waals surface area contributed by atoms with E-state index in [2.05, 4.69) is 15.1 Å². The molecule has 3 aromatic rings. The van der Waals surface area contributed by atoms with Crippen LogP contribution in [0.25, 0.3) is 11.0 Å². The molecular formula is C12H10ClN5. The molecule has 0 spiro atoms. The molecule has 6 heteroatoms. The van der Waals surface area contributed by atoms with Crippen LogP contribution < -0.4 is 5.73 Å². The highest BCUT2D eigenvalue weighted by Crippen LogP contribution is 2.21. The molecule has 0 aliphatic carbocycles. The average molecular weight is 260 g/mol. The van der Waals surface area contributed by atoms with Crippen molar-refractivity contribution in [1.82, 2.24) is 19.7 Å². The maximum atomic E-state index is 5.99. The molecule has 3 rings (SSSR count). The first-order valence-corrected chi connectivity index (χ1v) is 5.80. The molecule has 0 fully saturated rings. The van der Waals surface area contributed by atoms with Gasteiger partial charge < -0.3 is 5.73 Å². The summed E-state index contributed by atoms with van der Waals surface area (Å²) in [5, 5.41) is 5.31. The second-order valence-corrected chi connectivity index (χ2v) is 4.26. The number of benzene rings is 1. The summed E-state index contributed by atoms with van der Waals surface area (Å²) in [6, 6.07) is 10.00. The summed E-state index contributed by atoms with van der Waals surface area (Å²) < 4.78 is 1.76. The van der Waals surface area contributed by atoms with E-state index in [1.165, 1.54) is 0 Å². The lowest BCUT2D eigenvalue weighted by molar-refractivity contribution is 0.704. The summed E-state index contributed by atoms with van der Waals surface area (Å²) in [5.74, 6) is 0.155. The Morgan fingerprint density at radius 2 is 1.94 bits per heavy atom. The van der Waals surface area contributed by atoms with Gasteiger partial charge in [-0.25, -0.2) is 9.67 Å². The Morgan fingerprint density at radius 3 is 2.72 bits per heavy atom. The van der Waals surface area contributed by atoms with Crippen molar-refractivity contribution >= 4 is 28.6 Å². The number of nitrogens with zero attached hydrogens (tertiary/aromatic N) is 4. The molecule has 1 aromatic carbocycles. The smallest absolute Gasteiger partial charge is 0.223 e. The van der Waals surface area contributed by atoms with Gasteiger partial charge in [0.15, 0.2) is 5.65 Å². The highest BCUT2D eigenvalue weighted by Gasteiger charge is 2.10. The second-order valence-electron chi connectivity index (χ2n) is 3.90. The maximum Gasteiger partial charge on any atom is 0.223 e. The van der Waals surface area contributed by atoms with Crippen LogP contribution >= 0.6 is 11.6 Å². The molecule has 0 bridgehead atoms. The molecule has 5 nitrogen and oxygen atoms in total. The van der Waals surface area contributed by atoms with Crippen molar-refractivity contribution in [2.24, 2.45) is 0 Å². The van der Waals surface area contributed by atoms with Crippen LogP contribution in [0.15, 0.2) is 36.5 Å². The zero-order valence-electron chi connectivity index (χ0n) is 9.42. The van der Waals surface area contributed by atoms with E-state index in [9.17, 15) is 0 Å². The number of fused-ring (bicyclic) bond motifs is 1.